The van der Waals surface area contributed by atoms with Crippen molar-refractivity contribution in [1.29, 1.82) is 0 Å². The molecule has 4 aliphatic rings. The van der Waals surface area contributed by atoms with Crippen molar-refractivity contribution in [2.24, 2.45) is 35.3 Å². The van der Waals surface area contributed by atoms with Crippen LogP contribution in [0.15, 0.2) is 84.4 Å². The van der Waals surface area contributed by atoms with Crippen LogP contribution in [-0.4, -0.2) is 300 Å². The molecule has 4 aromatic heterocycles. The van der Waals surface area contributed by atoms with Gasteiger partial charge in [0.15, 0.2) is 11.4 Å². The third kappa shape index (κ3) is 31.5. The average molecular weight is 1800 g/mol. The molecule has 3 aliphatic heterocycles. The molecule has 38 nitrogen and oxygen atoms in total. The van der Waals surface area contributed by atoms with Crippen LogP contribution in [0.3, 0.4) is 0 Å². The molecule has 4 amide bonds. The van der Waals surface area contributed by atoms with Gasteiger partial charge in [0.1, 0.15) is 66.0 Å². The number of Topliss-reactive ketones (excluding diaryl/α,β-unsaturated/α-hetero) is 3. The summed E-state index contributed by atoms with van der Waals surface area (Å²) in [6.45, 7) is 15.8. The normalized spacial score (nSPS) is 25.6. The van der Waals surface area contributed by atoms with Gasteiger partial charge in [-0.25, -0.2) is 28.9 Å². The Hall–Kier alpha value is -9.39. The number of phenolic OH excluding ortho intramolecular Hbond substituents is 1. The zero-order valence-corrected chi connectivity index (χ0v) is 75.2. The average Bonchev–Trinajstić information content (AvgIpc) is 1.47. The van der Waals surface area contributed by atoms with E-state index in [0.717, 1.165) is 39.9 Å². The minimum absolute atomic E-state index is 0.00278. The predicted molar refractivity (Wildman–Crippen MR) is 469 cm³/mol. The second kappa shape index (κ2) is 53.1. The molecule has 1 aliphatic carbocycles. The standard InChI is InChI=1S/C90H134N14O24/c1-57-16-10-9-11-17-58(2)74(117-7)52-67-22-19-62(6)90(116,128-67)84(112)87(113)102-30-14-12-18-72(102)88(114)127-75(53-73(106)59(3)47-61(5)82(110)83(111)81(109)60(4)46-57)68(91)48-63-20-24-71(76(49-63)118-8)104-54-65(99-101-104)55-126-89(115)95-29-35-122-39-43-123-40-36-120-33-26-78(108)94-28-34-121-38-42-125-45-44-124-41-37-119-32-25-77(107)93-27-13-15-31-103-86-79(85(92)96-56-97-86)80(100-103)70-51-64-50-66(105)21-23-69(64)98-70/h9-11,16-17,21,23,47,50-51,54,56-57,59-60,62-63,67-68,71-72,74-76,82-83,98,105,110-111,116H,12-15,18-20,22,24-46,48-49,52-53,55,91H2,1-8H3,(H,93,107)(H,94,108)(H,95,115)(H2,92,96,97)/b11-9?,16-10+,58-17?,61-47+/t57-,59-,60-,62-,63+,67+,68-,71+,72+,74+,75+,76-,82-,83+,90-/m1/s1. The third-order valence-corrected chi connectivity index (χ3v) is 23.7. The first-order valence-corrected chi connectivity index (χ1v) is 44.7. The minimum atomic E-state index is -2.51. The summed E-state index contributed by atoms with van der Waals surface area (Å²) >= 11 is 0. The first kappa shape index (κ1) is 102. The maximum atomic E-state index is 14.7. The number of alkyl carbamates (subject to hydrolysis) is 1. The van der Waals surface area contributed by atoms with Gasteiger partial charge in [0.05, 0.1) is 134 Å². The van der Waals surface area contributed by atoms with E-state index in [0.29, 0.717) is 145 Å². The Morgan fingerprint density at radius 1 is 0.727 bits per heavy atom. The van der Waals surface area contributed by atoms with Gasteiger partial charge in [-0.3, -0.25) is 28.8 Å². The highest BCUT2D eigenvalue weighted by molar-refractivity contribution is 6.39. The number of nitrogens with zero attached hydrogens (tertiary/aromatic N) is 8. The molecule has 0 unspecified atom stereocenters. The number of unbranched alkanes of at least 4 members (excludes halogenated alkanes) is 1. The van der Waals surface area contributed by atoms with Gasteiger partial charge >= 0.3 is 12.1 Å². The number of aromatic amines is 1. The van der Waals surface area contributed by atoms with Crippen molar-refractivity contribution in [3.8, 4) is 17.1 Å². The lowest BCUT2D eigenvalue weighted by molar-refractivity contribution is -0.265. The van der Waals surface area contributed by atoms with Crippen molar-refractivity contribution in [3.05, 3.63) is 90.1 Å². The molecule has 0 spiro atoms. The summed E-state index contributed by atoms with van der Waals surface area (Å²) in [5, 5.41) is 67.8. The van der Waals surface area contributed by atoms with Gasteiger partial charge in [0.2, 0.25) is 17.6 Å². The van der Waals surface area contributed by atoms with E-state index in [-0.39, 0.29) is 139 Å². The molecule has 38 heteroatoms. The highest BCUT2D eigenvalue weighted by Crippen LogP contribution is 2.40. The minimum Gasteiger partial charge on any atom is -0.508 e. The van der Waals surface area contributed by atoms with Crippen molar-refractivity contribution in [2.45, 2.75) is 218 Å². The van der Waals surface area contributed by atoms with E-state index in [9.17, 15) is 58.8 Å². The molecule has 2 saturated heterocycles. The molecule has 7 heterocycles. The number of carbonyl (C=O) groups is 8. The molecular weight excluding hydrogens is 1660 g/mol. The molecule has 12 N–H and O–H groups in total. The number of carbonyl (C=O) groups excluding carboxylic acids is 8. The highest BCUT2D eigenvalue weighted by atomic mass is 16.6. The number of hydrogen-bond acceptors (Lipinski definition) is 31. The Balaban J connectivity index is 0.594. The predicted octanol–water partition coefficient (Wildman–Crippen LogP) is 6.10. The van der Waals surface area contributed by atoms with Crippen LogP contribution in [0.1, 0.15) is 156 Å². The molecular formula is C90H134N14O24. The van der Waals surface area contributed by atoms with Gasteiger partial charge in [-0.2, -0.15) is 5.10 Å². The van der Waals surface area contributed by atoms with Crippen LogP contribution in [0.4, 0.5) is 10.6 Å². The summed E-state index contributed by atoms with van der Waals surface area (Å²) in [4.78, 5) is 122. The van der Waals surface area contributed by atoms with Crippen LogP contribution in [0.25, 0.3) is 33.3 Å². The fourth-order valence-electron chi connectivity index (χ4n) is 16.2. The van der Waals surface area contributed by atoms with E-state index >= 15 is 0 Å². The molecule has 0 radical (unpaired) electrons. The first-order chi connectivity index (χ1) is 61.7. The zero-order valence-electron chi connectivity index (χ0n) is 75.2. The number of benzene rings is 1. The second-order valence-corrected chi connectivity index (χ2v) is 33.4. The lowest BCUT2D eigenvalue weighted by atomic mass is 9.79. The summed E-state index contributed by atoms with van der Waals surface area (Å²) in [6.07, 6.45) is 12.8. The Bertz CT molecular complexity index is 4490. The molecule has 15 atom stereocenters. The summed E-state index contributed by atoms with van der Waals surface area (Å²) < 4.78 is 72.1. The van der Waals surface area contributed by atoms with E-state index in [1.807, 2.05) is 50.3 Å². The Labute approximate surface area is 746 Å². The molecule has 1 saturated carbocycles. The zero-order chi connectivity index (χ0) is 92.1. The maximum Gasteiger partial charge on any atom is 0.407 e. The molecule has 3 fully saturated rings. The Morgan fingerprint density at radius 2 is 1.39 bits per heavy atom. The van der Waals surface area contributed by atoms with Crippen LogP contribution in [-0.2, 0) is 104 Å². The van der Waals surface area contributed by atoms with Crippen molar-refractivity contribution < 1.29 is 116 Å². The molecule has 708 valence electrons. The lowest BCUT2D eigenvalue weighted by Gasteiger charge is -2.42. The number of methoxy groups -OCH3 is 2. The number of aliphatic hydroxyl groups excluding tert-OH is 2. The number of aromatic hydroxyl groups is 1. The number of ether oxygens (including phenoxy) is 12. The number of rotatable bonds is 41. The lowest BCUT2D eigenvalue weighted by Crippen LogP contribution is -2.61. The summed E-state index contributed by atoms with van der Waals surface area (Å²) in [5.41, 5.74) is 17.5. The van der Waals surface area contributed by atoms with Gasteiger partial charge in [0, 0.05) is 107 Å². The number of aryl methyl sites for hydroxylation is 1. The van der Waals surface area contributed by atoms with Crippen LogP contribution in [0.2, 0.25) is 0 Å². The number of nitrogens with one attached hydrogen (secondary N) is 4. The number of fused-ring (bicyclic) bond motifs is 5. The fourth-order valence-corrected chi connectivity index (χ4v) is 16.2. The number of nitrogens with two attached hydrogens (primary N) is 2. The smallest absolute Gasteiger partial charge is 0.407 e. The number of aliphatic hydroxyl groups is 3. The molecule has 9 rings (SSSR count). The Kier molecular flexibility index (Phi) is 42.4. The van der Waals surface area contributed by atoms with E-state index in [1.165, 1.54) is 19.3 Å². The van der Waals surface area contributed by atoms with E-state index in [4.69, 9.17) is 73.4 Å². The van der Waals surface area contributed by atoms with Gasteiger partial charge < -0.3 is 115 Å². The number of cyclic esters (lactones) is 1. The molecule has 1 aromatic carbocycles. The summed E-state index contributed by atoms with van der Waals surface area (Å²) in [7, 11) is 3.12. The van der Waals surface area contributed by atoms with Crippen molar-refractivity contribution in [1.82, 2.24) is 60.6 Å². The van der Waals surface area contributed by atoms with Crippen LogP contribution in [0, 0.1) is 29.6 Å². The number of aromatic nitrogens is 8. The van der Waals surface area contributed by atoms with Gasteiger partial charge in [-0.15, -0.1) is 5.10 Å². The van der Waals surface area contributed by atoms with Crippen LogP contribution < -0.4 is 27.4 Å². The fraction of sp³-hybridized carbons (Fsp3) is 0.656. The topological polar surface area (TPSA) is 510 Å². The van der Waals surface area contributed by atoms with Gasteiger partial charge in [-0.1, -0.05) is 69.4 Å². The number of amides is 4. The second-order valence-electron chi connectivity index (χ2n) is 33.4. The molecule has 128 heavy (non-hydrogen) atoms. The first-order valence-electron chi connectivity index (χ1n) is 44.7. The number of esters is 1. The largest absolute Gasteiger partial charge is 0.508 e. The SMILES string of the molecule is CO[C@H]1C[C@@H]2CC[C@@H](C)[C@@](O)(O2)C(=O)C(=O)N2CCCC[C@H]2C(=O)O[C@H]([C@H](N)C[C@@H]2CC[C@H](n3cc(COC(=O)NCCOCCOCCOCCC(=O)NCCOCCOCCOCCOCCC(=O)NCCCCn4nc(-c5cc6cc(O)ccc6[nH]5)c5c(N)ncnc54)nn3)[C@H](OC)C2)CC(=O)[C@H](C)/C=C(\C)[C@@H](O)[C@@H](O)C(=O)[C@H](C)C[C@H](C)/C=C/C=CC=C1C. The number of hydrogen-bond donors (Lipinski definition) is 10. The summed E-state index contributed by atoms with van der Waals surface area (Å²) in [5.74, 6) is -9.07. The van der Waals surface area contributed by atoms with Crippen molar-refractivity contribution in [2.75, 3.05) is 139 Å². The number of allylic oxidation sites excluding steroid dienone is 6. The van der Waals surface area contributed by atoms with E-state index < -0.39 is 114 Å². The number of nitrogen functional groups attached to an aromatic ring is 1. The van der Waals surface area contributed by atoms with Crippen molar-refractivity contribution in [3.63, 3.8) is 0 Å². The summed E-state index contributed by atoms with van der Waals surface area (Å²) in [6, 6.07) is 4.46. The highest BCUT2D eigenvalue weighted by Gasteiger charge is 2.53. The Morgan fingerprint density at radius 3 is 2.07 bits per heavy atom. The van der Waals surface area contributed by atoms with Gasteiger partial charge in [-0.05, 0) is 138 Å². The van der Waals surface area contributed by atoms with Crippen LogP contribution in [0.5, 0.6) is 5.75 Å². The monoisotopic (exact) mass is 1790 g/mol. The van der Waals surface area contributed by atoms with Gasteiger partial charge in [0.25, 0.3) is 11.7 Å². The maximum absolute atomic E-state index is 14.7. The van der Waals surface area contributed by atoms with Crippen molar-refractivity contribution >= 4 is 74.9 Å². The van der Waals surface area contributed by atoms with E-state index in [1.54, 1.807) is 68.8 Å². The number of H-pyrrole nitrogens is 1. The quantitative estimate of drug-likeness (QED) is 0.00914. The number of anilines is 1. The molecule has 2 bridgehead atoms. The third-order valence-electron chi connectivity index (χ3n) is 23.7. The number of phenols is 1. The molecule has 5 aromatic rings. The van der Waals surface area contributed by atoms with E-state index in [2.05, 4.69) is 41.2 Å². The number of ketones is 3. The number of piperidine rings is 1. The van der Waals surface area contributed by atoms with Crippen LogP contribution >= 0.6 is 0 Å².